The average Bonchev–Trinajstić information content (AvgIpc) is 2.41. The Labute approximate surface area is 127 Å². The van der Waals surface area contributed by atoms with E-state index in [1.54, 1.807) is 12.1 Å². The largest absolute Gasteiger partial charge is 0.339 e. The van der Waals surface area contributed by atoms with Crippen molar-refractivity contribution in [3.05, 3.63) is 33.3 Å². The molecule has 1 aromatic rings. The summed E-state index contributed by atoms with van der Waals surface area (Å²) < 4.78 is 0.788. The van der Waals surface area contributed by atoms with Crippen LogP contribution in [0.1, 0.15) is 30.1 Å². The van der Waals surface area contributed by atoms with Crippen LogP contribution in [0.5, 0.6) is 0 Å². The SMILES string of the molecule is CC(N)C1CCN(C(=O)c2cc(Cl)ccc2Br)CC1. The number of rotatable bonds is 2. The summed E-state index contributed by atoms with van der Waals surface area (Å²) in [5.74, 6) is 0.560. The lowest BCUT2D eigenvalue weighted by molar-refractivity contribution is 0.0680. The normalized spacial score (nSPS) is 18.4. The number of carbonyl (C=O) groups is 1. The summed E-state index contributed by atoms with van der Waals surface area (Å²) in [4.78, 5) is 14.3. The first kappa shape index (κ1) is 14.8. The molecule has 1 aliphatic heterocycles. The number of amides is 1. The second-order valence-electron chi connectivity index (χ2n) is 5.11. The lowest BCUT2D eigenvalue weighted by Gasteiger charge is -2.34. The molecule has 104 valence electrons. The number of benzene rings is 1. The van der Waals surface area contributed by atoms with Gasteiger partial charge in [0.1, 0.15) is 0 Å². The van der Waals surface area contributed by atoms with Crippen LogP contribution in [0.2, 0.25) is 5.02 Å². The molecule has 1 aliphatic rings. The van der Waals surface area contributed by atoms with Crippen LogP contribution in [-0.2, 0) is 0 Å². The highest BCUT2D eigenvalue weighted by Gasteiger charge is 2.26. The molecule has 0 saturated carbocycles. The van der Waals surface area contributed by atoms with E-state index in [0.29, 0.717) is 16.5 Å². The number of nitrogens with two attached hydrogens (primary N) is 1. The molecule has 1 unspecified atom stereocenters. The molecule has 0 aliphatic carbocycles. The van der Waals surface area contributed by atoms with Crippen molar-refractivity contribution >= 4 is 33.4 Å². The van der Waals surface area contributed by atoms with Crippen LogP contribution in [0, 0.1) is 5.92 Å². The predicted molar refractivity (Wildman–Crippen MR) is 81.4 cm³/mol. The number of hydrogen-bond acceptors (Lipinski definition) is 2. The summed E-state index contributed by atoms with van der Waals surface area (Å²) >= 11 is 9.36. The fourth-order valence-corrected chi connectivity index (χ4v) is 3.05. The molecule has 0 aromatic heterocycles. The van der Waals surface area contributed by atoms with Gasteiger partial charge in [-0.25, -0.2) is 0 Å². The molecule has 1 fully saturated rings. The molecule has 0 bridgehead atoms. The van der Waals surface area contributed by atoms with Gasteiger partial charge in [-0.15, -0.1) is 0 Å². The molecule has 2 N–H and O–H groups in total. The fraction of sp³-hybridized carbons (Fsp3) is 0.500. The van der Waals surface area contributed by atoms with Crippen LogP contribution in [0.15, 0.2) is 22.7 Å². The summed E-state index contributed by atoms with van der Waals surface area (Å²) in [6.07, 6.45) is 1.95. The second-order valence-corrected chi connectivity index (χ2v) is 6.40. The Bertz CT molecular complexity index is 471. The quantitative estimate of drug-likeness (QED) is 0.894. The van der Waals surface area contributed by atoms with Gasteiger partial charge in [0.2, 0.25) is 0 Å². The first-order valence-electron chi connectivity index (χ1n) is 6.49. The Morgan fingerprint density at radius 2 is 2.11 bits per heavy atom. The third-order valence-corrected chi connectivity index (χ3v) is 4.66. The van der Waals surface area contributed by atoms with Gasteiger partial charge in [0.05, 0.1) is 5.56 Å². The molecular formula is C14H18BrClN2O. The van der Waals surface area contributed by atoms with Crippen molar-refractivity contribution in [1.82, 2.24) is 4.90 Å². The number of carbonyl (C=O) groups excluding carboxylic acids is 1. The van der Waals surface area contributed by atoms with Crippen LogP contribution in [0.4, 0.5) is 0 Å². The molecule has 0 spiro atoms. The van der Waals surface area contributed by atoms with Gasteiger partial charge < -0.3 is 10.6 Å². The summed E-state index contributed by atoms with van der Waals surface area (Å²) in [7, 11) is 0. The van der Waals surface area contributed by atoms with E-state index in [2.05, 4.69) is 15.9 Å². The van der Waals surface area contributed by atoms with E-state index in [1.165, 1.54) is 0 Å². The maximum absolute atomic E-state index is 12.5. The highest BCUT2D eigenvalue weighted by atomic mass is 79.9. The maximum atomic E-state index is 12.5. The molecule has 1 amide bonds. The second kappa shape index (κ2) is 6.25. The number of likely N-dealkylation sites (tertiary alicyclic amines) is 1. The molecule has 1 saturated heterocycles. The Kier molecular flexibility index (Phi) is 4.87. The molecule has 0 radical (unpaired) electrons. The summed E-state index contributed by atoms with van der Waals surface area (Å²) in [5, 5.41) is 0.581. The third-order valence-electron chi connectivity index (χ3n) is 3.73. The van der Waals surface area contributed by atoms with E-state index in [9.17, 15) is 4.79 Å². The Morgan fingerprint density at radius 3 is 2.68 bits per heavy atom. The monoisotopic (exact) mass is 344 g/mol. The zero-order chi connectivity index (χ0) is 14.0. The molecule has 1 heterocycles. The van der Waals surface area contributed by atoms with Crippen molar-refractivity contribution in [2.75, 3.05) is 13.1 Å². The van der Waals surface area contributed by atoms with Gasteiger partial charge in [0, 0.05) is 28.6 Å². The fourth-order valence-electron chi connectivity index (χ4n) is 2.46. The number of halogens is 2. The zero-order valence-corrected chi connectivity index (χ0v) is 13.2. The van der Waals surface area contributed by atoms with E-state index in [1.807, 2.05) is 17.9 Å². The van der Waals surface area contributed by atoms with Crippen molar-refractivity contribution in [1.29, 1.82) is 0 Å². The zero-order valence-electron chi connectivity index (χ0n) is 10.9. The van der Waals surface area contributed by atoms with Gasteiger partial charge in [-0.2, -0.15) is 0 Å². The van der Waals surface area contributed by atoms with Gasteiger partial charge in [-0.3, -0.25) is 4.79 Å². The van der Waals surface area contributed by atoms with Crippen molar-refractivity contribution < 1.29 is 4.79 Å². The average molecular weight is 346 g/mol. The minimum atomic E-state index is 0.0394. The van der Waals surface area contributed by atoms with Crippen molar-refractivity contribution in [3.63, 3.8) is 0 Å². The third kappa shape index (κ3) is 3.50. The van der Waals surface area contributed by atoms with Crippen molar-refractivity contribution in [2.24, 2.45) is 11.7 Å². The lowest BCUT2D eigenvalue weighted by Crippen LogP contribution is -2.42. The maximum Gasteiger partial charge on any atom is 0.255 e. The molecule has 3 nitrogen and oxygen atoms in total. The van der Waals surface area contributed by atoms with E-state index in [4.69, 9.17) is 17.3 Å². The lowest BCUT2D eigenvalue weighted by atomic mass is 9.90. The predicted octanol–water partition coefficient (Wildman–Crippen LogP) is 3.30. The van der Waals surface area contributed by atoms with Crippen LogP contribution in [0.25, 0.3) is 0 Å². The number of piperidine rings is 1. The Hall–Kier alpha value is -0.580. The first-order chi connectivity index (χ1) is 8.99. The van der Waals surface area contributed by atoms with E-state index >= 15 is 0 Å². The molecule has 1 aromatic carbocycles. The topological polar surface area (TPSA) is 46.3 Å². The molecule has 19 heavy (non-hydrogen) atoms. The standard InChI is InChI=1S/C14H18BrClN2O/c1-9(17)10-4-6-18(7-5-10)14(19)12-8-11(16)2-3-13(12)15/h2-3,8-10H,4-7,17H2,1H3. The van der Waals surface area contributed by atoms with Crippen molar-refractivity contribution in [2.45, 2.75) is 25.8 Å². The van der Waals surface area contributed by atoms with Gasteiger partial charge in [-0.1, -0.05) is 11.6 Å². The van der Waals surface area contributed by atoms with E-state index < -0.39 is 0 Å². The van der Waals surface area contributed by atoms with Gasteiger partial charge in [0.15, 0.2) is 0 Å². The molecule has 2 rings (SSSR count). The van der Waals surface area contributed by atoms with Gasteiger partial charge in [0.25, 0.3) is 5.91 Å². The molecule has 1 atom stereocenters. The summed E-state index contributed by atoms with van der Waals surface area (Å²) in [6.45, 7) is 3.57. The summed E-state index contributed by atoms with van der Waals surface area (Å²) in [6, 6.07) is 5.50. The van der Waals surface area contributed by atoms with Crippen LogP contribution in [-0.4, -0.2) is 29.9 Å². The minimum Gasteiger partial charge on any atom is -0.339 e. The molecular weight excluding hydrogens is 328 g/mol. The minimum absolute atomic E-state index is 0.0394. The van der Waals surface area contributed by atoms with Gasteiger partial charge in [-0.05, 0) is 59.8 Å². The number of hydrogen-bond donors (Lipinski definition) is 1. The van der Waals surface area contributed by atoms with E-state index in [0.717, 1.165) is 30.4 Å². The van der Waals surface area contributed by atoms with Gasteiger partial charge >= 0.3 is 0 Å². The molecule has 5 heteroatoms. The van der Waals surface area contributed by atoms with Crippen LogP contribution in [0.3, 0.4) is 0 Å². The highest BCUT2D eigenvalue weighted by molar-refractivity contribution is 9.10. The number of nitrogens with zero attached hydrogens (tertiary/aromatic N) is 1. The Morgan fingerprint density at radius 1 is 1.47 bits per heavy atom. The Balaban J connectivity index is 2.07. The van der Waals surface area contributed by atoms with Crippen LogP contribution < -0.4 is 5.73 Å². The first-order valence-corrected chi connectivity index (χ1v) is 7.66. The smallest absolute Gasteiger partial charge is 0.255 e. The van der Waals surface area contributed by atoms with Crippen LogP contribution >= 0.6 is 27.5 Å². The van der Waals surface area contributed by atoms with E-state index in [-0.39, 0.29) is 11.9 Å². The summed E-state index contributed by atoms with van der Waals surface area (Å²) in [5.41, 5.74) is 6.55. The highest BCUT2D eigenvalue weighted by Crippen LogP contribution is 2.25. The van der Waals surface area contributed by atoms with Crippen molar-refractivity contribution in [3.8, 4) is 0 Å².